The van der Waals surface area contributed by atoms with Crippen LogP contribution in [-0.2, 0) is 6.54 Å². The lowest BCUT2D eigenvalue weighted by molar-refractivity contribution is 0.726. The molecule has 0 unspecified atom stereocenters. The van der Waals surface area contributed by atoms with Crippen LogP contribution >= 0.6 is 35.3 Å². The van der Waals surface area contributed by atoms with E-state index < -0.39 is 0 Å². The fraction of sp³-hybridized carbons (Fsp3) is 0.692. The van der Waals surface area contributed by atoms with Gasteiger partial charge in [0.25, 0.3) is 0 Å². The average Bonchev–Trinajstić information content (AvgIpc) is 2.82. The van der Waals surface area contributed by atoms with Crippen LogP contribution in [0.4, 0.5) is 0 Å². The van der Waals surface area contributed by atoms with E-state index in [4.69, 9.17) is 0 Å². The van der Waals surface area contributed by atoms with Crippen molar-refractivity contribution in [3.05, 3.63) is 16.1 Å². The topological polar surface area (TPSA) is 49.3 Å². The zero-order valence-corrected chi connectivity index (χ0v) is 15.3. The van der Waals surface area contributed by atoms with Gasteiger partial charge in [0.15, 0.2) is 5.96 Å². The summed E-state index contributed by atoms with van der Waals surface area (Å²) < 4.78 is 0. The Hall–Kier alpha value is -0.370. The summed E-state index contributed by atoms with van der Waals surface area (Å²) in [5, 5.41) is 9.81. The summed E-state index contributed by atoms with van der Waals surface area (Å²) in [4.78, 5) is 8.77. The minimum atomic E-state index is 0. The highest BCUT2D eigenvalue weighted by molar-refractivity contribution is 14.0. The van der Waals surface area contributed by atoms with Crippen LogP contribution in [0, 0.1) is 0 Å². The monoisotopic (exact) mass is 396 g/mol. The number of unbranched alkanes of at least 4 members (excludes halogenated alkanes) is 1. The largest absolute Gasteiger partial charge is 0.356 e. The van der Waals surface area contributed by atoms with Gasteiger partial charge in [-0.2, -0.15) is 0 Å². The second-order valence-corrected chi connectivity index (χ2v) is 5.47. The van der Waals surface area contributed by atoms with Gasteiger partial charge < -0.3 is 10.6 Å². The lowest BCUT2D eigenvalue weighted by Gasteiger charge is -2.10. The van der Waals surface area contributed by atoms with E-state index in [2.05, 4.69) is 46.8 Å². The molecular weight excluding hydrogens is 371 g/mol. The van der Waals surface area contributed by atoms with Crippen LogP contribution in [0.5, 0.6) is 0 Å². The smallest absolute Gasteiger partial charge is 0.191 e. The summed E-state index contributed by atoms with van der Waals surface area (Å²) in [5.74, 6) is 1.35. The Morgan fingerprint density at radius 3 is 2.68 bits per heavy atom. The Morgan fingerprint density at radius 1 is 1.42 bits per heavy atom. The molecule has 6 heteroatoms. The number of halogens is 1. The van der Waals surface area contributed by atoms with Crippen molar-refractivity contribution < 1.29 is 0 Å². The molecule has 110 valence electrons. The van der Waals surface area contributed by atoms with Crippen LogP contribution in [0.15, 0.2) is 10.4 Å². The van der Waals surface area contributed by atoms with Crippen LogP contribution in [-0.4, -0.2) is 24.5 Å². The molecule has 0 saturated carbocycles. The average molecular weight is 396 g/mol. The predicted molar refractivity (Wildman–Crippen MR) is 94.7 cm³/mol. The summed E-state index contributed by atoms with van der Waals surface area (Å²) >= 11 is 1.70. The molecule has 1 rings (SSSR count). The Balaban J connectivity index is 0.00000324. The highest BCUT2D eigenvalue weighted by Gasteiger charge is 2.06. The van der Waals surface area contributed by atoms with E-state index in [-0.39, 0.29) is 24.0 Å². The van der Waals surface area contributed by atoms with Gasteiger partial charge in [0.05, 0.1) is 12.2 Å². The summed E-state index contributed by atoms with van der Waals surface area (Å²) in [6, 6.07) is 0. The van der Waals surface area contributed by atoms with E-state index in [9.17, 15) is 0 Å². The van der Waals surface area contributed by atoms with Gasteiger partial charge in [-0.1, -0.05) is 27.2 Å². The first kappa shape index (κ1) is 18.6. The van der Waals surface area contributed by atoms with E-state index >= 15 is 0 Å². The van der Waals surface area contributed by atoms with Crippen molar-refractivity contribution in [2.45, 2.75) is 46.1 Å². The summed E-state index contributed by atoms with van der Waals surface area (Å²) in [6.07, 6.45) is 2.35. The quantitative estimate of drug-likeness (QED) is 0.336. The minimum absolute atomic E-state index is 0. The molecular formula is C13H25IN4S. The van der Waals surface area contributed by atoms with Crippen molar-refractivity contribution in [1.29, 1.82) is 0 Å². The van der Waals surface area contributed by atoms with Crippen molar-refractivity contribution in [2.75, 3.05) is 13.6 Å². The van der Waals surface area contributed by atoms with Gasteiger partial charge in [0.2, 0.25) is 0 Å². The van der Waals surface area contributed by atoms with Gasteiger partial charge in [-0.3, -0.25) is 4.99 Å². The second-order valence-electron chi connectivity index (χ2n) is 4.53. The van der Waals surface area contributed by atoms with Crippen molar-refractivity contribution in [1.82, 2.24) is 15.6 Å². The van der Waals surface area contributed by atoms with E-state index in [0.717, 1.165) is 30.5 Å². The normalized spacial score (nSPS) is 11.3. The lowest BCUT2D eigenvalue weighted by atomic mass is 10.2. The van der Waals surface area contributed by atoms with Crippen molar-refractivity contribution in [2.24, 2.45) is 4.99 Å². The molecule has 1 heterocycles. The van der Waals surface area contributed by atoms with Gasteiger partial charge in [-0.25, -0.2) is 4.98 Å². The number of aliphatic imine (C=N–C) groups is 1. The van der Waals surface area contributed by atoms with Crippen LogP contribution < -0.4 is 10.6 Å². The Bertz CT molecular complexity index is 376. The standard InChI is InChI=1S/C13H24N4S.HI/c1-5-6-7-15-13(14-4)16-8-12-17-11(9-18-12)10(2)3;/h9-10H,5-8H2,1-4H3,(H2,14,15,16);1H. The van der Waals surface area contributed by atoms with E-state index in [1.165, 1.54) is 12.1 Å². The molecule has 0 aliphatic rings. The van der Waals surface area contributed by atoms with Gasteiger partial charge in [0.1, 0.15) is 5.01 Å². The van der Waals surface area contributed by atoms with Crippen molar-refractivity contribution in [3.8, 4) is 0 Å². The molecule has 19 heavy (non-hydrogen) atoms. The Morgan fingerprint density at radius 2 is 2.16 bits per heavy atom. The number of thiazole rings is 1. The first-order valence-corrected chi connectivity index (χ1v) is 7.44. The molecule has 0 aliphatic heterocycles. The highest BCUT2D eigenvalue weighted by Crippen LogP contribution is 2.17. The predicted octanol–water partition coefficient (Wildman–Crippen LogP) is 3.35. The number of guanidine groups is 1. The molecule has 0 spiro atoms. The summed E-state index contributed by atoms with van der Waals surface area (Å²) in [6.45, 7) is 8.21. The Labute approximate surface area is 137 Å². The van der Waals surface area contributed by atoms with E-state index in [1.807, 2.05) is 0 Å². The number of hydrogen-bond acceptors (Lipinski definition) is 3. The fourth-order valence-corrected chi connectivity index (χ4v) is 2.33. The van der Waals surface area contributed by atoms with Crippen LogP contribution in [0.2, 0.25) is 0 Å². The Kier molecular flexibility index (Phi) is 10.2. The first-order chi connectivity index (χ1) is 8.67. The number of aromatic nitrogens is 1. The molecule has 2 N–H and O–H groups in total. The molecule has 4 nitrogen and oxygen atoms in total. The van der Waals surface area contributed by atoms with E-state index in [1.54, 1.807) is 18.4 Å². The van der Waals surface area contributed by atoms with Crippen molar-refractivity contribution >= 4 is 41.3 Å². The third kappa shape index (κ3) is 7.10. The maximum atomic E-state index is 4.59. The molecule has 0 aliphatic carbocycles. The fourth-order valence-electron chi connectivity index (χ4n) is 1.43. The highest BCUT2D eigenvalue weighted by atomic mass is 127. The minimum Gasteiger partial charge on any atom is -0.356 e. The maximum absolute atomic E-state index is 4.59. The first-order valence-electron chi connectivity index (χ1n) is 6.56. The molecule has 0 saturated heterocycles. The van der Waals surface area contributed by atoms with E-state index in [0.29, 0.717) is 5.92 Å². The van der Waals surface area contributed by atoms with Gasteiger partial charge >= 0.3 is 0 Å². The summed E-state index contributed by atoms with van der Waals surface area (Å²) in [5.41, 5.74) is 1.17. The van der Waals surface area contributed by atoms with Crippen LogP contribution in [0.1, 0.15) is 50.2 Å². The third-order valence-electron chi connectivity index (χ3n) is 2.61. The lowest BCUT2D eigenvalue weighted by Crippen LogP contribution is -2.37. The molecule has 0 aromatic carbocycles. The molecule has 0 amide bonds. The van der Waals surface area contributed by atoms with Gasteiger partial charge in [0, 0.05) is 19.0 Å². The zero-order chi connectivity index (χ0) is 13.4. The van der Waals surface area contributed by atoms with Gasteiger partial charge in [-0.15, -0.1) is 35.3 Å². The zero-order valence-electron chi connectivity index (χ0n) is 12.2. The number of rotatable bonds is 6. The number of nitrogens with zero attached hydrogens (tertiary/aromatic N) is 2. The number of hydrogen-bond donors (Lipinski definition) is 2. The third-order valence-corrected chi connectivity index (χ3v) is 3.48. The molecule has 0 radical (unpaired) electrons. The molecule has 1 aromatic rings. The van der Waals surface area contributed by atoms with Gasteiger partial charge in [-0.05, 0) is 12.3 Å². The molecule has 0 bridgehead atoms. The summed E-state index contributed by atoms with van der Waals surface area (Å²) in [7, 11) is 1.79. The van der Waals surface area contributed by atoms with Crippen LogP contribution in [0.3, 0.4) is 0 Å². The second kappa shape index (κ2) is 10.4. The molecule has 1 aromatic heterocycles. The maximum Gasteiger partial charge on any atom is 0.191 e. The molecule has 0 fully saturated rings. The number of nitrogens with one attached hydrogen (secondary N) is 2. The van der Waals surface area contributed by atoms with Crippen LogP contribution in [0.25, 0.3) is 0 Å². The SMILES string of the molecule is CCCCNC(=NC)NCc1nc(C(C)C)cs1.I. The van der Waals surface area contributed by atoms with Crippen molar-refractivity contribution in [3.63, 3.8) is 0 Å². The molecule has 0 atom stereocenters.